The van der Waals surface area contributed by atoms with Gasteiger partial charge in [0.05, 0.1) is 27.7 Å². The highest BCUT2D eigenvalue weighted by atomic mass is 31.2. The molecule has 2 atom stereocenters. The van der Waals surface area contributed by atoms with Gasteiger partial charge in [0, 0.05) is 6.42 Å². The number of ether oxygens (including phenoxy) is 1. The van der Waals surface area contributed by atoms with Crippen LogP contribution in [0.5, 0.6) is 0 Å². The summed E-state index contributed by atoms with van der Waals surface area (Å²) in [4.78, 5) is 21.4. The Bertz CT molecular complexity index is 424. The van der Waals surface area contributed by atoms with Gasteiger partial charge in [0.1, 0.15) is 19.3 Å². The largest absolute Gasteiger partial charge is 0.472 e. The number of hydrogen-bond donors (Lipinski definition) is 1. The number of hydrogen-bond acceptors (Lipinski definition) is 5. The fourth-order valence-electron chi connectivity index (χ4n) is 2.21. The van der Waals surface area contributed by atoms with Crippen LogP contribution in [-0.4, -0.2) is 62.4 Å². The molecule has 0 aliphatic rings. The van der Waals surface area contributed by atoms with Gasteiger partial charge in [0.25, 0.3) is 0 Å². The second-order valence-corrected chi connectivity index (χ2v) is 9.24. The molecular formula is C18H39NO6P+. The zero-order valence-corrected chi connectivity index (χ0v) is 18.1. The monoisotopic (exact) mass is 396 g/mol. The van der Waals surface area contributed by atoms with E-state index in [-0.39, 0.29) is 19.2 Å². The molecule has 8 heteroatoms. The van der Waals surface area contributed by atoms with Gasteiger partial charge in [-0.2, -0.15) is 0 Å². The van der Waals surface area contributed by atoms with Crippen molar-refractivity contribution in [3.05, 3.63) is 0 Å². The molecule has 0 radical (unpaired) electrons. The second-order valence-electron chi connectivity index (χ2n) is 7.78. The maximum atomic E-state index is 11.8. The Morgan fingerprint density at radius 2 is 1.62 bits per heavy atom. The molecule has 0 aliphatic carbocycles. The van der Waals surface area contributed by atoms with Gasteiger partial charge in [-0.15, -0.1) is 0 Å². The lowest BCUT2D eigenvalue weighted by Gasteiger charge is -2.24. The molecule has 1 N–H and O–H groups in total. The van der Waals surface area contributed by atoms with Crippen LogP contribution < -0.4 is 0 Å². The smallest absolute Gasteiger partial charge is 0.460 e. The highest BCUT2D eigenvalue weighted by Crippen LogP contribution is 2.43. The van der Waals surface area contributed by atoms with E-state index < -0.39 is 13.9 Å². The van der Waals surface area contributed by atoms with Crippen LogP contribution in [0.4, 0.5) is 0 Å². The summed E-state index contributed by atoms with van der Waals surface area (Å²) in [6.07, 6.45) is 7.73. The summed E-state index contributed by atoms with van der Waals surface area (Å²) in [5.41, 5.74) is 0. The molecule has 0 aromatic carbocycles. The number of nitrogens with zero attached hydrogens (tertiary/aromatic N) is 1. The van der Waals surface area contributed by atoms with Gasteiger partial charge in [-0.25, -0.2) is 4.57 Å². The van der Waals surface area contributed by atoms with Crippen molar-refractivity contribution in [1.82, 2.24) is 0 Å². The average molecular weight is 396 g/mol. The maximum Gasteiger partial charge on any atom is 0.472 e. The molecule has 0 heterocycles. The first kappa shape index (κ1) is 25.5. The lowest BCUT2D eigenvalue weighted by Crippen LogP contribution is -2.37. The first-order valence-electron chi connectivity index (χ1n) is 9.67. The Hall–Kier alpha value is -0.460. The lowest BCUT2D eigenvalue weighted by atomic mass is 10.1. The Kier molecular flexibility index (Phi) is 13.4. The number of rotatable bonds is 16. The third kappa shape index (κ3) is 17.0. The number of esters is 1. The van der Waals surface area contributed by atoms with Crippen molar-refractivity contribution >= 4 is 13.8 Å². The van der Waals surface area contributed by atoms with Crippen LogP contribution >= 0.6 is 7.82 Å². The van der Waals surface area contributed by atoms with Crippen LogP contribution in [0.1, 0.15) is 65.2 Å². The molecule has 0 spiro atoms. The molecule has 0 aromatic rings. The quantitative estimate of drug-likeness (QED) is 0.184. The fraction of sp³-hybridized carbons (Fsp3) is 0.944. The standard InChI is InChI=1S/C18H38NO6P/c1-6-7-8-9-10-11-12-13-18(20)25-17(2)16-24-26(21,22)23-15-14-19(3,4)5/h17H,6-16H2,1-5H3/p+1/t17-/m0/s1. The Morgan fingerprint density at radius 1 is 1.04 bits per heavy atom. The molecule has 0 rings (SSSR count). The van der Waals surface area contributed by atoms with E-state index in [0.29, 0.717) is 17.4 Å². The molecule has 1 unspecified atom stereocenters. The fourth-order valence-corrected chi connectivity index (χ4v) is 3.00. The van der Waals surface area contributed by atoms with Gasteiger partial charge in [-0.1, -0.05) is 45.4 Å². The summed E-state index contributed by atoms with van der Waals surface area (Å²) >= 11 is 0. The summed E-state index contributed by atoms with van der Waals surface area (Å²) in [5, 5.41) is 0. The van der Waals surface area contributed by atoms with E-state index in [1.165, 1.54) is 25.7 Å². The van der Waals surface area contributed by atoms with Gasteiger partial charge in [0.2, 0.25) is 0 Å². The van der Waals surface area contributed by atoms with Crippen LogP contribution in [0.15, 0.2) is 0 Å². The van der Waals surface area contributed by atoms with E-state index in [9.17, 15) is 14.3 Å². The molecule has 0 bridgehead atoms. The second kappa shape index (κ2) is 13.7. The van der Waals surface area contributed by atoms with Crippen LogP contribution in [0.3, 0.4) is 0 Å². The summed E-state index contributed by atoms with van der Waals surface area (Å²) in [6, 6.07) is 0. The summed E-state index contributed by atoms with van der Waals surface area (Å²) in [5.74, 6) is -0.298. The van der Waals surface area contributed by atoms with Gasteiger partial charge in [-0.3, -0.25) is 13.8 Å². The van der Waals surface area contributed by atoms with Crippen LogP contribution in [0.25, 0.3) is 0 Å². The Morgan fingerprint density at radius 3 is 2.19 bits per heavy atom. The van der Waals surface area contributed by atoms with E-state index in [0.717, 1.165) is 19.3 Å². The van der Waals surface area contributed by atoms with Crippen LogP contribution in [-0.2, 0) is 23.1 Å². The number of unbranched alkanes of at least 4 members (excludes halogenated alkanes) is 6. The summed E-state index contributed by atoms with van der Waals surface area (Å²) < 4.78 is 27.4. The molecule has 0 aliphatic heterocycles. The number of phosphoric acid groups is 1. The molecule has 0 fully saturated rings. The van der Waals surface area contributed by atoms with Crippen LogP contribution in [0, 0.1) is 0 Å². The highest BCUT2D eigenvalue weighted by Gasteiger charge is 2.24. The SMILES string of the molecule is CCCCCCCCCC(=O)O[C@@H](C)COP(=O)(O)OCC[N+](C)(C)C. The van der Waals surface area contributed by atoms with Crippen molar-refractivity contribution in [1.29, 1.82) is 0 Å². The zero-order valence-electron chi connectivity index (χ0n) is 17.2. The third-order valence-electron chi connectivity index (χ3n) is 3.81. The molecule has 0 saturated carbocycles. The first-order chi connectivity index (χ1) is 12.1. The van der Waals surface area contributed by atoms with Crippen molar-refractivity contribution in [2.75, 3.05) is 40.9 Å². The van der Waals surface area contributed by atoms with E-state index in [2.05, 4.69) is 6.92 Å². The van der Waals surface area contributed by atoms with Gasteiger partial charge < -0.3 is 14.1 Å². The molecule has 26 heavy (non-hydrogen) atoms. The minimum absolute atomic E-state index is 0.115. The molecule has 156 valence electrons. The van der Waals surface area contributed by atoms with Crippen molar-refractivity contribution in [2.24, 2.45) is 0 Å². The lowest BCUT2D eigenvalue weighted by molar-refractivity contribution is -0.870. The normalized spacial score (nSPS) is 15.5. The van der Waals surface area contributed by atoms with Gasteiger partial charge in [-0.05, 0) is 13.3 Å². The van der Waals surface area contributed by atoms with Crippen molar-refractivity contribution in [3.8, 4) is 0 Å². The molecular weight excluding hydrogens is 357 g/mol. The Labute approximate surface area is 159 Å². The summed E-state index contributed by atoms with van der Waals surface area (Å²) in [6.45, 7) is 4.35. The average Bonchev–Trinajstić information content (AvgIpc) is 2.51. The van der Waals surface area contributed by atoms with E-state index in [1.807, 2.05) is 21.1 Å². The third-order valence-corrected chi connectivity index (χ3v) is 4.79. The summed E-state index contributed by atoms with van der Waals surface area (Å²) in [7, 11) is 1.76. The topological polar surface area (TPSA) is 82.1 Å². The molecule has 7 nitrogen and oxygen atoms in total. The maximum absolute atomic E-state index is 11.8. The minimum Gasteiger partial charge on any atom is -0.460 e. The zero-order chi connectivity index (χ0) is 20.1. The van der Waals surface area contributed by atoms with Crippen molar-refractivity contribution in [2.45, 2.75) is 71.3 Å². The number of carbonyl (C=O) groups is 1. The van der Waals surface area contributed by atoms with E-state index in [1.54, 1.807) is 6.92 Å². The first-order valence-corrected chi connectivity index (χ1v) is 11.2. The number of quaternary nitrogens is 1. The Balaban J connectivity index is 3.80. The van der Waals surface area contributed by atoms with Crippen LogP contribution in [0.2, 0.25) is 0 Å². The predicted octanol–water partition coefficient (Wildman–Crippen LogP) is 3.90. The predicted molar refractivity (Wildman–Crippen MR) is 103 cm³/mol. The van der Waals surface area contributed by atoms with Crippen molar-refractivity contribution < 1.29 is 32.5 Å². The molecule has 0 amide bonds. The number of phosphoric ester groups is 1. The van der Waals surface area contributed by atoms with E-state index >= 15 is 0 Å². The highest BCUT2D eigenvalue weighted by molar-refractivity contribution is 7.47. The number of carbonyl (C=O) groups excluding carboxylic acids is 1. The number of likely N-dealkylation sites (N-methyl/N-ethyl adjacent to an activating group) is 1. The van der Waals surface area contributed by atoms with E-state index in [4.69, 9.17) is 13.8 Å². The minimum atomic E-state index is -4.12. The van der Waals surface area contributed by atoms with Gasteiger partial charge in [0.15, 0.2) is 0 Å². The van der Waals surface area contributed by atoms with Gasteiger partial charge >= 0.3 is 13.8 Å². The molecule has 0 aromatic heterocycles. The molecule has 0 saturated heterocycles. The van der Waals surface area contributed by atoms with Crippen molar-refractivity contribution in [3.63, 3.8) is 0 Å².